The van der Waals surface area contributed by atoms with Crippen molar-refractivity contribution < 1.29 is 14.7 Å². The molecule has 23 heavy (non-hydrogen) atoms. The monoisotopic (exact) mass is 357 g/mol. The zero-order chi connectivity index (χ0) is 16.8. The van der Waals surface area contributed by atoms with Crippen molar-refractivity contribution in [1.29, 1.82) is 0 Å². The molecule has 1 unspecified atom stereocenters. The average molecular weight is 358 g/mol. The van der Waals surface area contributed by atoms with Gasteiger partial charge in [0.15, 0.2) is 0 Å². The normalized spacial score (nSPS) is 18.0. The number of likely N-dealkylation sites (tertiary alicyclic amines) is 1. The number of carbonyl (C=O) groups excluding carboxylic acids is 1. The van der Waals surface area contributed by atoms with E-state index in [2.05, 4.69) is 0 Å². The van der Waals surface area contributed by atoms with Crippen molar-refractivity contribution in [1.82, 2.24) is 4.90 Å². The zero-order valence-corrected chi connectivity index (χ0v) is 14.4. The molecule has 1 heterocycles. The maximum Gasteiger partial charge on any atom is 0.303 e. The molecule has 0 bridgehead atoms. The Labute approximate surface area is 146 Å². The first-order chi connectivity index (χ1) is 11.0. The van der Waals surface area contributed by atoms with E-state index in [9.17, 15) is 9.59 Å². The third kappa shape index (κ3) is 5.70. The van der Waals surface area contributed by atoms with Crippen LogP contribution in [0.15, 0.2) is 18.2 Å². The maximum atomic E-state index is 12.4. The van der Waals surface area contributed by atoms with E-state index in [1.165, 1.54) is 0 Å². The Hall–Kier alpha value is -1.26. The Morgan fingerprint density at radius 2 is 2.04 bits per heavy atom. The van der Waals surface area contributed by atoms with Gasteiger partial charge in [0.05, 0.1) is 0 Å². The molecule has 1 atom stereocenters. The Morgan fingerprint density at radius 1 is 1.26 bits per heavy atom. The summed E-state index contributed by atoms with van der Waals surface area (Å²) < 4.78 is 0. The van der Waals surface area contributed by atoms with Crippen LogP contribution in [0.4, 0.5) is 0 Å². The number of amides is 1. The summed E-state index contributed by atoms with van der Waals surface area (Å²) in [7, 11) is 0. The lowest BCUT2D eigenvalue weighted by Crippen LogP contribution is -2.40. The molecule has 1 aliphatic heterocycles. The predicted octanol–water partition coefficient (Wildman–Crippen LogP) is 4.03. The van der Waals surface area contributed by atoms with Crippen LogP contribution in [0.25, 0.3) is 0 Å². The van der Waals surface area contributed by atoms with Gasteiger partial charge in [-0.1, -0.05) is 29.3 Å². The molecule has 126 valence electrons. The molecule has 0 radical (unpaired) electrons. The lowest BCUT2D eigenvalue weighted by atomic mass is 9.93. The number of nitrogens with zero attached hydrogens (tertiary/aromatic N) is 1. The van der Waals surface area contributed by atoms with Gasteiger partial charge in [-0.05, 0) is 49.3 Å². The van der Waals surface area contributed by atoms with E-state index in [0.29, 0.717) is 41.8 Å². The second kappa shape index (κ2) is 8.55. The summed E-state index contributed by atoms with van der Waals surface area (Å²) in [5, 5.41) is 9.94. The number of rotatable bonds is 6. The van der Waals surface area contributed by atoms with Crippen LogP contribution >= 0.6 is 23.2 Å². The van der Waals surface area contributed by atoms with Crippen LogP contribution in [0, 0.1) is 5.92 Å². The number of carboxylic acid groups (broad SMARTS) is 1. The van der Waals surface area contributed by atoms with E-state index in [0.717, 1.165) is 24.9 Å². The first kappa shape index (κ1) is 18.1. The molecule has 1 amide bonds. The molecule has 1 aromatic rings. The molecule has 2 rings (SSSR count). The van der Waals surface area contributed by atoms with Crippen LogP contribution < -0.4 is 0 Å². The highest BCUT2D eigenvalue weighted by atomic mass is 35.5. The number of aliphatic carboxylic acids is 1. The lowest BCUT2D eigenvalue weighted by Gasteiger charge is -2.32. The van der Waals surface area contributed by atoms with Gasteiger partial charge in [-0.2, -0.15) is 0 Å². The average Bonchev–Trinajstić information content (AvgIpc) is 2.52. The Morgan fingerprint density at radius 3 is 2.74 bits per heavy atom. The molecule has 1 fully saturated rings. The van der Waals surface area contributed by atoms with Crippen LogP contribution in [0.1, 0.15) is 37.7 Å². The summed E-state index contributed by atoms with van der Waals surface area (Å²) in [6.45, 7) is 1.43. The van der Waals surface area contributed by atoms with E-state index in [1.807, 2.05) is 11.0 Å². The third-order valence-corrected chi connectivity index (χ3v) is 4.85. The van der Waals surface area contributed by atoms with E-state index < -0.39 is 5.97 Å². The van der Waals surface area contributed by atoms with Crippen LogP contribution in [0.2, 0.25) is 10.0 Å². The highest BCUT2D eigenvalue weighted by Gasteiger charge is 2.23. The van der Waals surface area contributed by atoms with Crippen LogP contribution in [-0.4, -0.2) is 35.0 Å². The van der Waals surface area contributed by atoms with Gasteiger partial charge < -0.3 is 10.0 Å². The van der Waals surface area contributed by atoms with E-state index in [1.54, 1.807) is 12.1 Å². The highest BCUT2D eigenvalue weighted by Crippen LogP contribution is 2.24. The van der Waals surface area contributed by atoms with Gasteiger partial charge in [-0.3, -0.25) is 9.59 Å². The fourth-order valence-electron chi connectivity index (χ4n) is 2.98. The van der Waals surface area contributed by atoms with Gasteiger partial charge in [0.1, 0.15) is 0 Å². The van der Waals surface area contributed by atoms with Crippen molar-refractivity contribution in [3.63, 3.8) is 0 Å². The van der Waals surface area contributed by atoms with Gasteiger partial charge in [-0.25, -0.2) is 0 Å². The first-order valence-electron chi connectivity index (χ1n) is 7.89. The molecule has 1 N–H and O–H groups in total. The summed E-state index contributed by atoms with van der Waals surface area (Å²) in [5.41, 5.74) is 0.920. The zero-order valence-electron chi connectivity index (χ0n) is 12.9. The quantitative estimate of drug-likeness (QED) is 0.835. The predicted molar refractivity (Wildman–Crippen MR) is 91.0 cm³/mol. The third-order valence-electron chi connectivity index (χ3n) is 4.26. The molecule has 1 aromatic carbocycles. The fraction of sp³-hybridized carbons (Fsp3) is 0.529. The summed E-state index contributed by atoms with van der Waals surface area (Å²) in [5.74, 6) is -0.371. The molecular formula is C17H21Cl2NO3. The molecule has 4 nitrogen and oxygen atoms in total. The molecular weight excluding hydrogens is 337 g/mol. The van der Waals surface area contributed by atoms with Crippen molar-refractivity contribution >= 4 is 35.1 Å². The number of carboxylic acids is 1. The number of benzene rings is 1. The second-order valence-electron chi connectivity index (χ2n) is 6.02. The van der Waals surface area contributed by atoms with E-state index >= 15 is 0 Å². The highest BCUT2D eigenvalue weighted by molar-refractivity contribution is 6.35. The number of piperidine rings is 1. The van der Waals surface area contributed by atoms with Crippen LogP contribution in [-0.2, 0) is 16.0 Å². The summed E-state index contributed by atoms with van der Waals surface area (Å²) in [6, 6.07) is 5.31. The van der Waals surface area contributed by atoms with Crippen molar-refractivity contribution in [3.8, 4) is 0 Å². The molecule has 6 heteroatoms. The maximum absolute atomic E-state index is 12.4. The van der Waals surface area contributed by atoms with Crippen molar-refractivity contribution in [2.75, 3.05) is 13.1 Å². The number of aryl methyl sites for hydroxylation is 1. The Kier molecular flexibility index (Phi) is 6.72. The largest absolute Gasteiger partial charge is 0.481 e. The van der Waals surface area contributed by atoms with E-state index in [4.69, 9.17) is 28.3 Å². The Bertz CT molecular complexity index is 577. The smallest absolute Gasteiger partial charge is 0.303 e. The summed E-state index contributed by atoms with van der Waals surface area (Å²) in [6.07, 6.45) is 3.76. The lowest BCUT2D eigenvalue weighted by molar-refractivity contribution is -0.137. The van der Waals surface area contributed by atoms with Crippen LogP contribution in [0.3, 0.4) is 0 Å². The summed E-state index contributed by atoms with van der Waals surface area (Å²) >= 11 is 12.0. The van der Waals surface area contributed by atoms with Crippen molar-refractivity contribution in [2.24, 2.45) is 5.92 Å². The van der Waals surface area contributed by atoms with Crippen molar-refractivity contribution in [3.05, 3.63) is 33.8 Å². The van der Waals surface area contributed by atoms with Gasteiger partial charge in [-0.15, -0.1) is 0 Å². The number of hydrogen-bond acceptors (Lipinski definition) is 2. The fourth-order valence-corrected chi connectivity index (χ4v) is 3.48. The molecule has 0 saturated carbocycles. The first-order valence-corrected chi connectivity index (χ1v) is 8.65. The number of halogens is 2. The molecule has 0 aliphatic carbocycles. The molecule has 0 aromatic heterocycles. The minimum Gasteiger partial charge on any atom is -0.481 e. The van der Waals surface area contributed by atoms with Gasteiger partial charge in [0, 0.05) is 36.0 Å². The van der Waals surface area contributed by atoms with Gasteiger partial charge >= 0.3 is 5.97 Å². The van der Waals surface area contributed by atoms with E-state index in [-0.39, 0.29) is 12.3 Å². The van der Waals surface area contributed by atoms with Gasteiger partial charge in [0.25, 0.3) is 0 Å². The molecule has 0 spiro atoms. The molecule has 1 aliphatic rings. The van der Waals surface area contributed by atoms with Crippen LogP contribution in [0.5, 0.6) is 0 Å². The van der Waals surface area contributed by atoms with Crippen molar-refractivity contribution in [2.45, 2.75) is 38.5 Å². The minimum absolute atomic E-state index is 0.107. The number of hydrogen-bond donors (Lipinski definition) is 1. The molecule has 1 saturated heterocycles. The minimum atomic E-state index is -0.772. The Balaban J connectivity index is 1.83. The van der Waals surface area contributed by atoms with Gasteiger partial charge in [0.2, 0.25) is 5.91 Å². The SMILES string of the molecule is O=C(O)CCC1CCCN(C(=O)CCc2ccc(Cl)cc2Cl)C1. The summed E-state index contributed by atoms with van der Waals surface area (Å²) in [4.78, 5) is 24.9. The number of carbonyl (C=O) groups is 2. The standard InChI is InChI=1S/C17H21Cl2NO3/c18-14-6-4-13(15(19)10-14)5-7-16(21)20-9-1-2-12(11-20)3-8-17(22)23/h4,6,10,12H,1-3,5,7-9,11H2,(H,22,23). The topological polar surface area (TPSA) is 57.6 Å². The second-order valence-corrected chi connectivity index (χ2v) is 6.86.